The lowest BCUT2D eigenvalue weighted by Crippen LogP contribution is -2.00. The maximum Gasteiger partial charge on any atom is 0.253 e. The van der Waals surface area contributed by atoms with E-state index in [2.05, 4.69) is 10.2 Å². The Morgan fingerprint density at radius 1 is 1.11 bits per heavy atom. The molecule has 0 radical (unpaired) electrons. The van der Waals surface area contributed by atoms with Crippen molar-refractivity contribution in [2.45, 2.75) is 13.5 Å². The third-order valence-electron chi connectivity index (χ3n) is 2.29. The van der Waals surface area contributed by atoms with Gasteiger partial charge >= 0.3 is 0 Å². The number of ether oxygens (including phenoxy) is 3. The van der Waals surface area contributed by atoms with Gasteiger partial charge in [0.2, 0.25) is 11.6 Å². The van der Waals surface area contributed by atoms with Crippen molar-refractivity contribution >= 4 is 0 Å². The number of hydrogen-bond acceptors (Lipinski definition) is 6. The van der Waals surface area contributed by atoms with Crippen molar-refractivity contribution < 1.29 is 18.6 Å². The van der Waals surface area contributed by atoms with E-state index in [1.54, 1.807) is 33.3 Å². The van der Waals surface area contributed by atoms with E-state index in [-0.39, 0.29) is 6.61 Å². The highest BCUT2D eigenvalue weighted by Gasteiger charge is 2.12. The molecule has 0 amide bonds. The molecule has 6 nitrogen and oxygen atoms in total. The predicted molar refractivity (Wildman–Crippen MR) is 62.9 cm³/mol. The van der Waals surface area contributed by atoms with E-state index in [0.29, 0.717) is 29.0 Å². The zero-order valence-corrected chi connectivity index (χ0v) is 10.5. The minimum atomic E-state index is 0.164. The molecule has 0 bridgehead atoms. The van der Waals surface area contributed by atoms with Crippen LogP contribution >= 0.6 is 0 Å². The first kappa shape index (κ1) is 12.2. The largest absolute Gasteiger partial charge is 0.493 e. The predicted octanol–water partition coefficient (Wildman–Crippen LogP) is 1.97. The van der Waals surface area contributed by atoms with Crippen LogP contribution in [0.15, 0.2) is 22.6 Å². The summed E-state index contributed by atoms with van der Waals surface area (Å²) in [5, 5.41) is 7.57. The molecule has 2 aromatic rings. The van der Waals surface area contributed by atoms with Gasteiger partial charge in [-0.25, -0.2) is 0 Å². The van der Waals surface area contributed by atoms with Crippen LogP contribution in [0.5, 0.6) is 17.2 Å². The molecule has 1 aromatic heterocycles. The highest BCUT2D eigenvalue weighted by molar-refractivity contribution is 5.51. The fourth-order valence-electron chi connectivity index (χ4n) is 1.49. The van der Waals surface area contributed by atoms with Gasteiger partial charge in [-0.2, -0.15) is 0 Å². The van der Waals surface area contributed by atoms with Crippen LogP contribution in [0.25, 0.3) is 0 Å². The molecule has 6 heteroatoms. The molecular weight excluding hydrogens is 236 g/mol. The second kappa shape index (κ2) is 5.39. The van der Waals surface area contributed by atoms with E-state index < -0.39 is 0 Å². The number of aromatic nitrogens is 2. The molecule has 0 N–H and O–H groups in total. The fraction of sp³-hybridized carbons (Fsp3) is 0.333. The number of hydrogen-bond donors (Lipinski definition) is 0. The first-order valence-electron chi connectivity index (χ1n) is 5.37. The monoisotopic (exact) mass is 250 g/mol. The molecule has 2 rings (SSSR count). The van der Waals surface area contributed by atoms with Crippen molar-refractivity contribution in [3.8, 4) is 17.2 Å². The number of benzene rings is 1. The molecule has 0 fully saturated rings. The first-order chi connectivity index (χ1) is 8.74. The molecule has 0 unspecified atom stereocenters. The van der Waals surface area contributed by atoms with Gasteiger partial charge in [0.1, 0.15) is 0 Å². The standard InChI is InChI=1S/C12H14N2O4/c1-8-13-14-11(18-8)7-17-12-9(15-2)5-4-6-10(12)16-3/h4-6H,7H2,1-3H3. The number of methoxy groups -OCH3 is 2. The molecule has 0 aliphatic heterocycles. The quantitative estimate of drug-likeness (QED) is 0.808. The van der Waals surface area contributed by atoms with E-state index in [1.807, 2.05) is 6.07 Å². The SMILES string of the molecule is COc1cccc(OC)c1OCc1nnc(C)o1. The summed E-state index contributed by atoms with van der Waals surface area (Å²) < 4.78 is 21.2. The summed E-state index contributed by atoms with van der Waals surface area (Å²) >= 11 is 0. The number of aryl methyl sites for hydroxylation is 1. The maximum absolute atomic E-state index is 5.60. The van der Waals surface area contributed by atoms with Gasteiger partial charge in [0.15, 0.2) is 18.1 Å². The summed E-state index contributed by atoms with van der Waals surface area (Å²) in [4.78, 5) is 0. The van der Waals surface area contributed by atoms with Crippen molar-refractivity contribution in [3.63, 3.8) is 0 Å². The number of nitrogens with zero attached hydrogens (tertiary/aromatic N) is 2. The lowest BCUT2D eigenvalue weighted by molar-refractivity contribution is 0.235. The molecule has 0 aliphatic rings. The summed E-state index contributed by atoms with van der Waals surface area (Å²) in [6, 6.07) is 5.40. The van der Waals surface area contributed by atoms with Crippen molar-refractivity contribution in [1.29, 1.82) is 0 Å². The molecule has 1 heterocycles. The van der Waals surface area contributed by atoms with Gasteiger partial charge in [0, 0.05) is 6.92 Å². The number of rotatable bonds is 5. The van der Waals surface area contributed by atoms with Crippen LogP contribution in [0.4, 0.5) is 0 Å². The minimum absolute atomic E-state index is 0.164. The molecular formula is C12H14N2O4. The average molecular weight is 250 g/mol. The van der Waals surface area contributed by atoms with Crippen molar-refractivity contribution in [3.05, 3.63) is 30.0 Å². The molecule has 0 spiro atoms. The van der Waals surface area contributed by atoms with Crippen LogP contribution < -0.4 is 14.2 Å². The fourth-order valence-corrected chi connectivity index (χ4v) is 1.49. The van der Waals surface area contributed by atoms with Gasteiger partial charge in [-0.05, 0) is 12.1 Å². The third kappa shape index (κ3) is 2.53. The van der Waals surface area contributed by atoms with E-state index >= 15 is 0 Å². The Bertz CT molecular complexity index is 502. The van der Waals surface area contributed by atoms with Crippen LogP contribution in [-0.2, 0) is 6.61 Å². The Morgan fingerprint density at radius 3 is 2.28 bits per heavy atom. The summed E-state index contributed by atoms with van der Waals surface area (Å²) in [5.74, 6) is 2.59. The average Bonchev–Trinajstić information content (AvgIpc) is 2.81. The van der Waals surface area contributed by atoms with E-state index in [9.17, 15) is 0 Å². The number of para-hydroxylation sites is 1. The van der Waals surface area contributed by atoms with Crippen LogP contribution in [0.1, 0.15) is 11.8 Å². The first-order valence-corrected chi connectivity index (χ1v) is 5.37. The van der Waals surface area contributed by atoms with Gasteiger partial charge in [0.05, 0.1) is 14.2 Å². The molecule has 0 atom stereocenters. The zero-order valence-electron chi connectivity index (χ0n) is 10.5. The lowest BCUT2D eigenvalue weighted by Gasteiger charge is -2.12. The maximum atomic E-state index is 5.60. The second-order valence-electron chi connectivity index (χ2n) is 3.50. The van der Waals surface area contributed by atoms with Gasteiger partial charge in [-0.1, -0.05) is 6.07 Å². The Labute approximate surface area is 104 Å². The summed E-state index contributed by atoms with van der Waals surface area (Å²) in [6.45, 7) is 1.89. The second-order valence-corrected chi connectivity index (χ2v) is 3.50. The normalized spacial score (nSPS) is 10.2. The molecule has 0 aliphatic carbocycles. The highest BCUT2D eigenvalue weighted by Crippen LogP contribution is 2.37. The van der Waals surface area contributed by atoms with Crippen LogP contribution in [-0.4, -0.2) is 24.4 Å². The van der Waals surface area contributed by atoms with E-state index in [0.717, 1.165) is 0 Å². The molecule has 96 valence electrons. The topological polar surface area (TPSA) is 66.6 Å². The van der Waals surface area contributed by atoms with Crippen molar-refractivity contribution in [2.75, 3.05) is 14.2 Å². The summed E-state index contributed by atoms with van der Waals surface area (Å²) in [6.07, 6.45) is 0. The van der Waals surface area contributed by atoms with Crippen LogP contribution in [0.3, 0.4) is 0 Å². The van der Waals surface area contributed by atoms with E-state index in [1.165, 1.54) is 0 Å². The minimum Gasteiger partial charge on any atom is -0.493 e. The Balaban J connectivity index is 2.17. The van der Waals surface area contributed by atoms with Gasteiger partial charge in [-0.3, -0.25) is 0 Å². The Kier molecular flexibility index (Phi) is 3.66. The van der Waals surface area contributed by atoms with Crippen LogP contribution in [0.2, 0.25) is 0 Å². The van der Waals surface area contributed by atoms with Gasteiger partial charge in [-0.15, -0.1) is 10.2 Å². The summed E-state index contributed by atoms with van der Waals surface area (Å²) in [5.41, 5.74) is 0. The molecule has 0 saturated heterocycles. The van der Waals surface area contributed by atoms with E-state index in [4.69, 9.17) is 18.6 Å². The molecule has 1 aromatic carbocycles. The third-order valence-corrected chi connectivity index (χ3v) is 2.29. The smallest absolute Gasteiger partial charge is 0.253 e. The summed E-state index contributed by atoms with van der Waals surface area (Å²) in [7, 11) is 3.14. The Hall–Kier alpha value is -2.24. The Morgan fingerprint density at radius 2 is 1.78 bits per heavy atom. The van der Waals surface area contributed by atoms with Gasteiger partial charge in [0.25, 0.3) is 5.89 Å². The van der Waals surface area contributed by atoms with Crippen molar-refractivity contribution in [1.82, 2.24) is 10.2 Å². The highest BCUT2D eigenvalue weighted by atomic mass is 16.5. The molecule has 18 heavy (non-hydrogen) atoms. The zero-order chi connectivity index (χ0) is 13.0. The lowest BCUT2D eigenvalue weighted by atomic mass is 10.3. The molecule has 0 saturated carbocycles. The van der Waals surface area contributed by atoms with Crippen LogP contribution in [0, 0.1) is 6.92 Å². The van der Waals surface area contributed by atoms with Gasteiger partial charge < -0.3 is 18.6 Å². The van der Waals surface area contributed by atoms with Crippen molar-refractivity contribution in [2.24, 2.45) is 0 Å².